The summed E-state index contributed by atoms with van der Waals surface area (Å²) in [4.78, 5) is 30.3. The summed E-state index contributed by atoms with van der Waals surface area (Å²) in [6.07, 6.45) is 3.09. The van der Waals surface area contributed by atoms with Crippen molar-refractivity contribution in [3.63, 3.8) is 0 Å². The predicted octanol–water partition coefficient (Wildman–Crippen LogP) is 10.2. The summed E-state index contributed by atoms with van der Waals surface area (Å²) in [5.74, 6) is 0.955. The van der Waals surface area contributed by atoms with Gasteiger partial charge >= 0.3 is 0 Å². The van der Waals surface area contributed by atoms with E-state index in [0.29, 0.717) is 45.0 Å². The van der Waals surface area contributed by atoms with E-state index in [1.54, 1.807) is 0 Å². The van der Waals surface area contributed by atoms with E-state index in [-0.39, 0.29) is 69.6 Å². The van der Waals surface area contributed by atoms with E-state index in [4.69, 9.17) is 55.9 Å². The van der Waals surface area contributed by atoms with Crippen LogP contribution >= 0.6 is 46.4 Å². The van der Waals surface area contributed by atoms with Gasteiger partial charge in [-0.1, -0.05) is 102 Å². The van der Waals surface area contributed by atoms with Crippen LogP contribution in [0.3, 0.4) is 0 Å². The van der Waals surface area contributed by atoms with Crippen LogP contribution in [0.2, 0.25) is 20.1 Å². The number of amides is 2. The minimum absolute atomic E-state index is 0. The van der Waals surface area contributed by atoms with Crippen molar-refractivity contribution in [2.75, 3.05) is 26.3 Å². The van der Waals surface area contributed by atoms with Gasteiger partial charge in [-0.05, 0) is 108 Å². The van der Waals surface area contributed by atoms with Crippen LogP contribution in [-0.4, -0.2) is 70.3 Å². The Kier molecular flexibility index (Phi) is 15.0. The molecule has 4 aromatic rings. The highest BCUT2D eigenvalue weighted by atomic mass is 35.5. The maximum Gasteiger partial charge on any atom is 0.252 e. The zero-order valence-electron chi connectivity index (χ0n) is 30.9. The standard InChI is InChI=1S/2C22H23Cl2NO3.CH4/c2*23-17-8-6-15(7-9-17)20-21(16-2-1-3-18(24)12-16)28-19(10-11-26)22(27)25(20)13-14-4-5-14;/h2*1-3,6-9,12,14,19-21,26H,4-5,10-11,13H2;1H4/t2*19-,20+,21-;/m10./s1. The molecular weight excluding hydrogens is 806 g/mol. The lowest BCUT2D eigenvalue weighted by Crippen LogP contribution is -2.51. The lowest BCUT2D eigenvalue weighted by atomic mass is 9.91. The van der Waals surface area contributed by atoms with Crippen LogP contribution in [-0.2, 0) is 19.1 Å². The molecule has 4 fully saturated rings. The Bertz CT molecular complexity index is 1820. The Morgan fingerprint density at radius 2 is 0.895 bits per heavy atom. The molecule has 4 aromatic carbocycles. The number of aliphatic hydroxyl groups excluding tert-OH is 2. The van der Waals surface area contributed by atoms with E-state index >= 15 is 0 Å². The minimum Gasteiger partial charge on any atom is -0.396 e. The molecule has 2 heterocycles. The molecule has 8 rings (SSSR count). The van der Waals surface area contributed by atoms with Crippen LogP contribution < -0.4 is 0 Å². The third-order valence-electron chi connectivity index (χ3n) is 10.8. The van der Waals surface area contributed by atoms with Gasteiger partial charge in [0.15, 0.2) is 0 Å². The number of ether oxygens (including phenoxy) is 2. The average Bonchev–Trinajstić information content (AvgIpc) is 4.14. The fourth-order valence-corrected chi connectivity index (χ4v) is 8.34. The Morgan fingerprint density at radius 1 is 0.526 bits per heavy atom. The predicted molar refractivity (Wildman–Crippen MR) is 226 cm³/mol. The molecule has 57 heavy (non-hydrogen) atoms. The molecule has 0 bridgehead atoms. The van der Waals surface area contributed by atoms with Gasteiger partial charge in [0.1, 0.15) is 24.4 Å². The van der Waals surface area contributed by atoms with Gasteiger partial charge in [-0.15, -0.1) is 0 Å². The molecule has 2 amide bonds. The van der Waals surface area contributed by atoms with Gasteiger partial charge in [-0.2, -0.15) is 0 Å². The number of morpholine rings is 2. The molecule has 0 spiro atoms. The normalized spacial score (nSPS) is 24.7. The molecule has 304 valence electrons. The molecule has 6 atom stereocenters. The van der Waals surface area contributed by atoms with Gasteiger partial charge < -0.3 is 29.5 Å². The van der Waals surface area contributed by atoms with Crippen LogP contribution in [0.1, 0.15) is 92.5 Å². The fraction of sp³-hybridized carbons (Fsp3) is 0.422. The molecule has 12 heteroatoms. The molecule has 2 aliphatic heterocycles. The fourth-order valence-electron chi connectivity index (χ4n) is 7.69. The number of carbonyl (C=O) groups is 2. The lowest BCUT2D eigenvalue weighted by Gasteiger charge is -2.45. The summed E-state index contributed by atoms with van der Waals surface area (Å²) in [5.41, 5.74) is 3.80. The summed E-state index contributed by atoms with van der Waals surface area (Å²) < 4.78 is 12.5. The Balaban J connectivity index is 0.000000189. The van der Waals surface area contributed by atoms with Gasteiger partial charge in [0.25, 0.3) is 11.8 Å². The van der Waals surface area contributed by atoms with Crippen molar-refractivity contribution >= 4 is 58.2 Å². The second-order valence-electron chi connectivity index (χ2n) is 15.1. The SMILES string of the molecule is C.O=C1[C@@H](CCO)O[C@H](c2cccc(Cl)c2)[C@H](c2ccc(Cl)cc2)N1CC1CC1.O=C1[C@H](CCO)O[C@@H](c2cccc(Cl)c2)[C@@H](c2ccc(Cl)cc2)N1CC1CC1. The molecular formula is C45H50Cl4N2O6. The van der Waals surface area contributed by atoms with E-state index in [1.165, 1.54) is 0 Å². The number of hydrogen-bond donors (Lipinski definition) is 2. The van der Waals surface area contributed by atoms with Crippen molar-refractivity contribution in [1.82, 2.24) is 9.80 Å². The van der Waals surface area contributed by atoms with Crippen molar-refractivity contribution in [1.29, 1.82) is 0 Å². The number of aliphatic hydroxyl groups is 2. The maximum absolute atomic E-state index is 13.2. The van der Waals surface area contributed by atoms with Crippen LogP contribution in [0.25, 0.3) is 0 Å². The van der Waals surface area contributed by atoms with E-state index in [0.717, 1.165) is 47.9 Å². The van der Waals surface area contributed by atoms with Crippen molar-refractivity contribution in [3.05, 3.63) is 139 Å². The summed E-state index contributed by atoms with van der Waals surface area (Å²) in [7, 11) is 0. The molecule has 2 saturated carbocycles. The quantitative estimate of drug-likeness (QED) is 0.147. The molecule has 4 aliphatic rings. The summed E-state index contributed by atoms with van der Waals surface area (Å²) in [6.45, 7) is 1.21. The average molecular weight is 857 g/mol. The third kappa shape index (κ3) is 10.7. The summed E-state index contributed by atoms with van der Waals surface area (Å²) in [5, 5.41) is 21.4. The van der Waals surface area contributed by atoms with Crippen molar-refractivity contribution in [3.8, 4) is 0 Å². The largest absolute Gasteiger partial charge is 0.396 e. The maximum atomic E-state index is 13.2. The first kappa shape index (κ1) is 43.4. The van der Waals surface area contributed by atoms with Crippen molar-refractivity contribution < 1.29 is 29.3 Å². The Hall–Kier alpha value is -3.18. The highest BCUT2D eigenvalue weighted by molar-refractivity contribution is 6.31. The number of nitrogens with zero attached hydrogens (tertiary/aromatic N) is 2. The van der Waals surface area contributed by atoms with E-state index in [9.17, 15) is 19.8 Å². The van der Waals surface area contributed by atoms with E-state index in [1.807, 2.05) is 107 Å². The molecule has 0 radical (unpaired) electrons. The van der Waals surface area contributed by atoms with Crippen LogP contribution in [0.15, 0.2) is 97.1 Å². The molecule has 8 nitrogen and oxygen atoms in total. The zero-order valence-corrected chi connectivity index (χ0v) is 33.9. The number of halogens is 4. The number of hydrogen-bond acceptors (Lipinski definition) is 6. The first-order chi connectivity index (χ1) is 27.1. The van der Waals surface area contributed by atoms with E-state index in [2.05, 4.69) is 0 Å². The summed E-state index contributed by atoms with van der Waals surface area (Å²) >= 11 is 24.7. The van der Waals surface area contributed by atoms with E-state index < -0.39 is 12.2 Å². The molecule has 2 N–H and O–H groups in total. The molecule has 2 aliphatic carbocycles. The number of carbonyl (C=O) groups excluding carboxylic acids is 2. The Labute approximate surface area is 355 Å². The molecule has 0 aromatic heterocycles. The van der Waals surface area contributed by atoms with Gasteiger partial charge in [-0.25, -0.2) is 0 Å². The van der Waals surface area contributed by atoms with Crippen LogP contribution in [0, 0.1) is 11.8 Å². The lowest BCUT2D eigenvalue weighted by molar-refractivity contribution is -0.176. The van der Waals surface area contributed by atoms with Gasteiger partial charge in [-0.3, -0.25) is 9.59 Å². The van der Waals surface area contributed by atoms with Crippen molar-refractivity contribution in [2.24, 2.45) is 11.8 Å². The summed E-state index contributed by atoms with van der Waals surface area (Å²) in [6, 6.07) is 29.8. The van der Waals surface area contributed by atoms with Gasteiger partial charge in [0.05, 0.1) is 12.1 Å². The van der Waals surface area contributed by atoms with Crippen LogP contribution in [0.4, 0.5) is 0 Å². The topological polar surface area (TPSA) is 99.5 Å². The van der Waals surface area contributed by atoms with Crippen molar-refractivity contribution in [2.45, 2.75) is 82.5 Å². The number of benzene rings is 4. The first-order valence-electron chi connectivity index (χ1n) is 19.3. The second-order valence-corrected chi connectivity index (χ2v) is 16.8. The minimum atomic E-state index is -0.656. The van der Waals surface area contributed by atoms with Crippen LogP contribution in [0.5, 0.6) is 0 Å². The molecule has 0 unspecified atom stereocenters. The van der Waals surface area contributed by atoms with Gasteiger partial charge in [0.2, 0.25) is 0 Å². The molecule has 2 saturated heterocycles. The highest BCUT2D eigenvalue weighted by Gasteiger charge is 2.47. The zero-order chi connectivity index (χ0) is 39.3. The number of rotatable bonds is 12. The second kappa shape index (κ2) is 19.7. The first-order valence-corrected chi connectivity index (χ1v) is 20.8. The van der Waals surface area contributed by atoms with Gasteiger partial charge in [0, 0.05) is 59.2 Å². The Morgan fingerprint density at radius 3 is 1.21 bits per heavy atom. The monoisotopic (exact) mass is 854 g/mol. The smallest absolute Gasteiger partial charge is 0.252 e. The highest BCUT2D eigenvalue weighted by Crippen LogP contribution is 2.47. The third-order valence-corrected chi connectivity index (χ3v) is 11.8.